The molecule has 0 aliphatic carbocycles. The van der Waals surface area contributed by atoms with Crippen LogP contribution in [0.1, 0.15) is 25.5 Å². The number of ether oxygens (including phenoxy) is 1. The minimum absolute atomic E-state index is 0.0427. The van der Waals surface area contributed by atoms with Crippen molar-refractivity contribution in [2.24, 2.45) is 0 Å². The molecule has 0 bridgehead atoms. The number of carbonyl (C=O) groups is 3. The van der Waals surface area contributed by atoms with E-state index in [9.17, 15) is 19.5 Å². The molecule has 0 radical (unpaired) electrons. The molecule has 0 saturated carbocycles. The Balaban J connectivity index is 2.06. The van der Waals surface area contributed by atoms with E-state index < -0.39 is 17.7 Å². The van der Waals surface area contributed by atoms with Crippen LogP contribution in [-0.4, -0.2) is 29.8 Å². The third-order valence-corrected chi connectivity index (χ3v) is 4.48. The van der Waals surface area contributed by atoms with Gasteiger partial charge in [-0.1, -0.05) is 12.1 Å². The average molecular weight is 380 g/mol. The van der Waals surface area contributed by atoms with Crippen molar-refractivity contribution in [3.05, 3.63) is 65.4 Å². The summed E-state index contributed by atoms with van der Waals surface area (Å²) in [7, 11) is 1.55. The average Bonchev–Trinajstić information content (AvgIpc) is 2.93. The summed E-state index contributed by atoms with van der Waals surface area (Å²) in [4.78, 5) is 37.5. The minimum atomic E-state index is -0.762. The first-order valence-electron chi connectivity index (χ1n) is 8.62. The summed E-state index contributed by atoms with van der Waals surface area (Å²) in [6.07, 6.45) is 0. The van der Waals surface area contributed by atoms with E-state index in [0.717, 1.165) is 0 Å². The Hall–Kier alpha value is -3.61. The van der Waals surface area contributed by atoms with Gasteiger partial charge >= 0.3 is 0 Å². The number of carbonyl (C=O) groups excluding carboxylic acids is 3. The standard InChI is InChI=1S/C21H20N2O5/c1-12(24)18-19(14-4-10-17(28-3)11-5-14)23(21(27)20(18)26)16-8-6-15(7-9-16)22-13(2)25/h4-11,19,26H,1-3H3,(H,22,25). The molecular formula is C21H20N2O5. The van der Waals surface area contributed by atoms with Gasteiger partial charge in [-0.25, -0.2) is 0 Å². The van der Waals surface area contributed by atoms with Crippen LogP contribution in [-0.2, 0) is 14.4 Å². The molecule has 2 amide bonds. The number of amides is 2. The lowest BCUT2D eigenvalue weighted by molar-refractivity contribution is -0.117. The van der Waals surface area contributed by atoms with Crippen molar-refractivity contribution >= 4 is 29.0 Å². The predicted molar refractivity (Wildman–Crippen MR) is 104 cm³/mol. The summed E-state index contributed by atoms with van der Waals surface area (Å²) in [5, 5.41) is 13.0. The topological polar surface area (TPSA) is 95.9 Å². The van der Waals surface area contributed by atoms with Crippen molar-refractivity contribution in [2.75, 3.05) is 17.3 Å². The van der Waals surface area contributed by atoms with Gasteiger partial charge in [-0.2, -0.15) is 0 Å². The zero-order valence-corrected chi connectivity index (χ0v) is 15.7. The van der Waals surface area contributed by atoms with Crippen molar-refractivity contribution in [3.63, 3.8) is 0 Å². The summed E-state index contributed by atoms with van der Waals surface area (Å²) in [5.41, 5.74) is 1.77. The quantitative estimate of drug-likeness (QED) is 0.831. The molecule has 2 N–H and O–H groups in total. The lowest BCUT2D eigenvalue weighted by atomic mass is 9.96. The molecule has 144 valence electrons. The van der Waals surface area contributed by atoms with Gasteiger partial charge in [0.05, 0.1) is 18.7 Å². The number of nitrogens with zero attached hydrogens (tertiary/aromatic N) is 1. The van der Waals surface area contributed by atoms with E-state index in [1.165, 1.54) is 18.7 Å². The second kappa shape index (κ2) is 7.56. The van der Waals surface area contributed by atoms with Crippen LogP contribution in [0.5, 0.6) is 5.75 Å². The van der Waals surface area contributed by atoms with Crippen LogP contribution >= 0.6 is 0 Å². The Labute approximate surface area is 162 Å². The second-order valence-electron chi connectivity index (χ2n) is 6.40. The Morgan fingerprint density at radius 1 is 1.04 bits per heavy atom. The molecule has 1 heterocycles. The van der Waals surface area contributed by atoms with Crippen LogP contribution < -0.4 is 15.0 Å². The van der Waals surface area contributed by atoms with E-state index in [1.54, 1.807) is 55.6 Å². The lowest BCUT2D eigenvalue weighted by Crippen LogP contribution is -2.30. The number of aliphatic hydroxyl groups is 1. The number of ketones is 1. The number of methoxy groups -OCH3 is 1. The van der Waals surface area contributed by atoms with Crippen LogP contribution in [0.15, 0.2) is 59.9 Å². The first-order chi connectivity index (χ1) is 13.3. The fourth-order valence-electron chi connectivity index (χ4n) is 3.24. The van der Waals surface area contributed by atoms with Gasteiger partial charge in [-0.3, -0.25) is 19.3 Å². The van der Waals surface area contributed by atoms with Crippen LogP contribution in [0.2, 0.25) is 0 Å². The maximum atomic E-state index is 12.8. The summed E-state index contributed by atoms with van der Waals surface area (Å²) in [5.74, 6) is -1.17. The van der Waals surface area contributed by atoms with Gasteiger partial charge in [0.2, 0.25) is 5.91 Å². The molecule has 28 heavy (non-hydrogen) atoms. The Bertz CT molecular complexity index is 961. The lowest BCUT2D eigenvalue weighted by Gasteiger charge is -2.27. The SMILES string of the molecule is COc1ccc(C2C(C(C)=O)=C(O)C(=O)N2c2ccc(NC(C)=O)cc2)cc1. The van der Waals surface area contributed by atoms with E-state index in [-0.39, 0.29) is 17.3 Å². The number of aliphatic hydroxyl groups excluding tert-OH is 1. The van der Waals surface area contributed by atoms with Crippen molar-refractivity contribution in [1.29, 1.82) is 0 Å². The van der Waals surface area contributed by atoms with Gasteiger partial charge in [0.15, 0.2) is 11.5 Å². The third kappa shape index (κ3) is 3.46. The van der Waals surface area contributed by atoms with Gasteiger partial charge in [0.1, 0.15) is 5.75 Å². The van der Waals surface area contributed by atoms with Crippen molar-refractivity contribution in [1.82, 2.24) is 0 Å². The summed E-state index contributed by atoms with van der Waals surface area (Å²) < 4.78 is 5.16. The van der Waals surface area contributed by atoms with Gasteiger partial charge in [0, 0.05) is 18.3 Å². The number of Topliss-reactive ketones (excluding diaryl/α,β-unsaturated/α-hetero) is 1. The number of rotatable bonds is 5. The van der Waals surface area contributed by atoms with Crippen LogP contribution in [0, 0.1) is 0 Å². The van der Waals surface area contributed by atoms with E-state index >= 15 is 0 Å². The number of hydrogen-bond acceptors (Lipinski definition) is 5. The molecule has 7 heteroatoms. The highest BCUT2D eigenvalue weighted by atomic mass is 16.5. The van der Waals surface area contributed by atoms with E-state index in [4.69, 9.17) is 4.74 Å². The summed E-state index contributed by atoms with van der Waals surface area (Å²) in [6, 6.07) is 12.8. The highest BCUT2D eigenvalue weighted by molar-refractivity contribution is 6.16. The first kappa shape index (κ1) is 19.2. The molecule has 7 nitrogen and oxygen atoms in total. The van der Waals surface area contributed by atoms with Gasteiger partial charge < -0.3 is 15.2 Å². The number of nitrogens with one attached hydrogen (secondary N) is 1. The smallest absolute Gasteiger partial charge is 0.294 e. The number of anilines is 2. The van der Waals surface area contributed by atoms with Gasteiger partial charge in [-0.15, -0.1) is 0 Å². The van der Waals surface area contributed by atoms with E-state index in [1.807, 2.05) is 0 Å². The van der Waals surface area contributed by atoms with Crippen LogP contribution in [0.25, 0.3) is 0 Å². The highest BCUT2D eigenvalue weighted by Crippen LogP contribution is 2.41. The molecule has 1 aliphatic heterocycles. The van der Waals surface area contributed by atoms with E-state index in [0.29, 0.717) is 22.7 Å². The molecule has 1 aliphatic rings. The number of benzene rings is 2. The van der Waals surface area contributed by atoms with Crippen molar-refractivity contribution < 1.29 is 24.2 Å². The molecule has 2 aromatic rings. The fraction of sp³-hybridized carbons (Fsp3) is 0.190. The van der Waals surface area contributed by atoms with Crippen LogP contribution in [0.4, 0.5) is 11.4 Å². The van der Waals surface area contributed by atoms with Crippen molar-refractivity contribution in [2.45, 2.75) is 19.9 Å². The molecule has 0 spiro atoms. The highest BCUT2D eigenvalue weighted by Gasteiger charge is 2.43. The largest absolute Gasteiger partial charge is 0.503 e. The predicted octanol–water partition coefficient (Wildman–Crippen LogP) is 3.14. The molecule has 3 rings (SSSR count). The zero-order valence-electron chi connectivity index (χ0n) is 15.7. The maximum Gasteiger partial charge on any atom is 0.294 e. The summed E-state index contributed by atoms with van der Waals surface area (Å²) in [6.45, 7) is 2.72. The molecular weight excluding hydrogens is 360 g/mol. The Morgan fingerprint density at radius 2 is 1.64 bits per heavy atom. The monoisotopic (exact) mass is 380 g/mol. The van der Waals surface area contributed by atoms with E-state index in [2.05, 4.69) is 5.32 Å². The fourth-order valence-corrected chi connectivity index (χ4v) is 3.24. The molecule has 2 aromatic carbocycles. The Morgan fingerprint density at radius 3 is 2.14 bits per heavy atom. The third-order valence-electron chi connectivity index (χ3n) is 4.48. The molecule has 1 unspecified atom stereocenters. The zero-order chi connectivity index (χ0) is 20.4. The maximum absolute atomic E-state index is 12.8. The molecule has 1 atom stereocenters. The summed E-state index contributed by atoms with van der Waals surface area (Å²) >= 11 is 0. The first-order valence-corrected chi connectivity index (χ1v) is 8.62. The van der Waals surface area contributed by atoms with Gasteiger partial charge in [-0.05, 0) is 48.9 Å². The molecule has 0 saturated heterocycles. The van der Waals surface area contributed by atoms with Gasteiger partial charge in [0.25, 0.3) is 5.91 Å². The normalized spacial score (nSPS) is 16.3. The molecule has 0 aromatic heterocycles. The van der Waals surface area contributed by atoms with Crippen molar-refractivity contribution in [3.8, 4) is 5.75 Å². The molecule has 0 fully saturated rings. The Kier molecular flexibility index (Phi) is 5.17. The second-order valence-corrected chi connectivity index (χ2v) is 6.40. The van der Waals surface area contributed by atoms with Crippen LogP contribution in [0.3, 0.4) is 0 Å². The minimum Gasteiger partial charge on any atom is -0.503 e. The number of hydrogen-bond donors (Lipinski definition) is 2.